The lowest BCUT2D eigenvalue weighted by molar-refractivity contribution is 0.0855. The monoisotopic (exact) mass is 263 g/mol. The molecule has 1 aromatic carbocycles. The van der Waals surface area contributed by atoms with Gasteiger partial charge in [-0.05, 0) is 38.3 Å². The number of ether oxygens (including phenoxy) is 1. The highest BCUT2D eigenvalue weighted by molar-refractivity contribution is 5.35. The van der Waals surface area contributed by atoms with Crippen LogP contribution in [0.15, 0.2) is 24.3 Å². The van der Waals surface area contributed by atoms with E-state index in [1.165, 1.54) is 12.8 Å². The van der Waals surface area contributed by atoms with Crippen LogP contribution in [0.2, 0.25) is 0 Å². The van der Waals surface area contributed by atoms with E-state index < -0.39 is 6.10 Å². The number of para-hydroxylation sites is 1. The Morgan fingerprint density at radius 1 is 1.42 bits per heavy atom. The third-order valence-electron chi connectivity index (χ3n) is 3.75. The van der Waals surface area contributed by atoms with Crippen LogP contribution in [0.4, 0.5) is 0 Å². The van der Waals surface area contributed by atoms with E-state index in [1.54, 1.807) is 0 Å². The zero-order valence-electron chi connectivity index (χ0n) is 12.0. The molecule has 1 aromatic rings. The lowest BCUT2D eigenvalue weighted by Gasteiger charge is -2.32. The van der Waals surface area contributed by atoms with Gasteiger partial charge in [0.15, 0.2) is 0 Å². The molecular formula is C16H25NO2. The van der Waals surface area contributed by atoms with Crippen molar-refractivity contribution in [2.45, 2.75) is 32.8 Å². The summed E-state index contributed by atoms with van der Waals surface area (Å²) in [5.74, 6) is 1.55. The van der Waals surface area contributed by atoms with Gasteiger partial charge >= 0.3 is 0 Å². The van der Waals surface area contributed by atoms with Gasteiger partial charge in [-0.2, -0.15) is 0 Å². The van der Waals surface area contributed by atoms with Gasteiger partial charge in [0.05, 0.1) is 12.7 Å². The van der Waals surface area contributed by atoms with Crippen molar-refractivity contribution >= 4 is 0 Å². The van der Waals surface area contributed by atoms with Crippen molar-refractivity contribution in [1.29, 1.82) is 0 Å². The molecule has 3 nitrogen and oxygen atoms in total. The normalized spacial score (nSPS) is 22.2. The Morgan fingerprint density at radius 3 is 2.95 bits per heavy atom. The largest absolute Gasteiger partial charge is 0.493 e. The van der Waals surface area contributed by atoms with E-state index in [0.29, 0.717) is 13.2 Å². The zero-order valence-corrected chi connectivity index (χ0v) is 12.0. The number of aliphatic hydroxyl groups is 1. The Bertz CT molecular complexity index is 394. The Balaban J connectivity index is 2.00. The summed E-state index contributed by atoms with van der Waals surface area (Å²) in [6.45, 7) is 7.77. The predicted molar refractivity (Wildman–Crippen MR) is 77.4 cm³/mol. The van der Waals surface area contributed by atoms with Crippen LogP contribution in [0.3, 0.4) is 0 Å². The van der Waals surface area contributed by atoms with Gasteiger partial charge in [-0.25, -0.2) is 0 Å². The standard InChI is InChI=1S/C16H25NO2/c1-3-19-16-9-5-4-8-14(16)15(18)12-17-10-6-7-13(2)11-17/h4-5,8-9,13,15,18H,3,6-7,10-12H2,1-2H3. The number of hydrogen-bond acceptors (Lipinski definition) is 3. The maximum atomic E-state index is 10.4. The second kappa shape index (κ2) is 6.92. The predicted octanol–water partition coefficient (Wildman–Crippen LogP) is 2.85. The van der Waals surface area contributed by atoms with Crippen LogP contribution >= 0.6 is 0 Å². The summed E-state index contributed by atoms with van der Waals surface area (Å²) in [6, 6.07) is 7.80. The molecule has 0 aliphatic carbocycles. The number of nitrogens with zero attached hydrogens (tertiary/aromatic N) is 1. The minimum Gasteiger partial charge on any atom is -0.493 e. The molecule has 1 aliphatic rings. The summed E-state index contributed by atoms with van der Waals surface area (Å²) in [5.41, 5.74) is 0.905. The molecule has 3 heteroatoms. The van der Waals surface area contributed by atoms with Gasteiger partial charge in [0.25, 0.3) is 0 Å². The SMILES string of the molecule is CCOc1ccccc1C(O)CN1CCCC(C)C1. The Morgan fingerprint density at radius 2 is 2.21 bits per heavy atom. The van der Waals surface area contributed by atoms with E-state index in [2.05, 4.69) is 11.8 Å². The van der Waals surface area contributed by atoms with Gasteiger partial charge in [0, 0.05) is 18.7 Å². The molecular weight excluding hydrogens is 238 g/mol. The lowest BCUT2D eigenvalue weighted by Crippen LogP contribution is -2.37. The van der Waals surface area contributed by atoms with Crippen molar-refractivity contribution in [1.82, 2.24) is 4.90 Å². The first-order valence-electron chi connectivity index (χ1n) is 7.32. The number of aliphatic hydroxyl groups excluding tert-OH is 1. The molecule has 0 radical (unpaired) electrons. The van der Waals surface area contributed by atoms with Crippen LogP contribution in [0, 0.1) is 5.92 Å². The molecule has 1 aliphatic heterocycles. The second-order valence-electron chi connectivity index (χ2n) is 5.49. The van der Waals surface area contributed by atoms with E-state index in [4.69, 9.17) is 4.74 Å². The van der Waals surface area contributed by atoms with Gasteiger partial charge in [-0.3, -0.25) is 0 Å². The molecule has 1 N–H and O–H groups in total. The zero-order chi connectivity index (χ0) is 13.7. The molecule has 0 saturated carbocycles. The van der Waals surface area contributed by atoms with Gasteiger partial charge in [-0.1, -0.05) is 25.1 Å². The van der Waals surface area contributed by atoms with E-state index in [9.17, 15) is 5.11 Å². The Labute approximate surface area is 116 Å². The summed E-state index contributed by atoms with van der Waals surface area (Å²) in [5, 5.41) is 10.4. The molecule has 2 unspecified atom stereocenters. The summed E-state index contributed by atoms with van der Waals surface area (Å²) in [6.07, 6.45) is 2.08. The number of hydrogen-bond donors (Lipinski definition) is 1. The van der Waals surface area contributed by atoms with Crippen LogP contribution < -0.4 is 4.74 Å². The fraction of sp³-hybridized carbons (Fsp3) is 0.625. The van der Waals surface area contributed by atoms with E-state index in [1.807, 2.05) is 31.2 Å². The molecule has 0 amide bonds. The number of rotatable bonds is 5. The summed E-state index contributed by atoms with van der Waals surface area (Å²) in [7, 11) is 0. The van der Waals surface area contributed by atoms with E-state index >= 15 is 0 Å². The summed E-state index contributed by atoms with van der Waals surface area (Å²) in [4.78, 5) is 2.36. The van der Waals surface area contributed by atoms with Crippen molar-refractivity contribution in [3.63, 3.8) is 0 Å². The average molecular weight is 263 g/mol. The average Bonchev–Trinajstić information content (AvgIpc) is 2.39. The number of likely N-dealkylation sites (tertiary alicyclic amines) is 1. The number of benzene rings is 1. The van der Waals surface area contributed by atoms with E-state index in [0.717, 1.165) is 30.3 Å². The fourth-order valence-electron chi connectivity index (χ4n) is 2.84. The third kappa shape index (κ3) is 3.95. The highest BCUT2D eigenvalue weighted by Crippen LogP contribution is 2.27. The molecule has 0 aromatic heterocycles. The van der Waals surface area contributed by atoms with Crippen LogP contribution in [0.25, 0.3) is 0 Å². The maximum Gasteiger partial charge on any atom is 0.125 e. The van der Waals surface area contributed by atoms with Crippen LogP contribution in [0.5, 0.6) is 5.75 Å². The fourth-order valence-corrected chi connectivity index (χ4v) is 2.84. The Kier molecular flexibility index (Phi) is 5.23. The third-order valence-corrected chi connectivity index (χ3v) is 3.75. The van der Waals surface area contributed by atoms with Gasteiger partial charge in [0.1, 0.15) is 5.75 Å². The summed E-state index contributed by atoms with van der Waals surface area (Å²) >= 11 is 0. The minimum atomic E-state index is -0.465. The molecule has 106 valence electrons. The summed E-state index contributed by atoms with van der Waals surface area (Å²) < 4.78 is 5.59. The second-order valence-corrected chi connectivity index (χ2v) is 5.49. The van der Waals surface area contributed by atoms with Crippen molar-refractivity contribution in [3.05, 3.63) is 29.8 Å². The topological polar surface area (TPSA) is 32.7 Å². The van der Waals surface area contributed by atoms with Gasteiger partial charge < -0.3 is 14.7 Å². The van der Waals surface area contributed by atoms with Crippen LogP contribution in [-0.4, -0.2) is 36.2 Å². The first kappa shape index (κ1) is 14.4. The van der Waals surface area contributed by atoms with Crippen molar-refractivity contribution in [2.24, 2.45) is 5.92 Å². The number of β-amino-alcohol motifs (C(OH)–C–C–N with tert-alkyl or cyclic N) is 1. The van der Waals surface area contributed by atoms with Crippen molar-refractivity contribution in [2.75, 3.05) is 26.2 Å². The first-order valence-corrected chi connectivity index (χ1v) is 7.32. The molecule has 19 heavy (non-hydrogen) atoms. The van der Waals surface area contributed by atoms with Gasteiger partial charge in [-0.15, -0.1) is 0 Å². The molecule has 1 fully saturated rings. The first-order chi connectivity index (χ1) is 9.20. The smallest absolute Gasteiger partial charge is 0.125 e. The quantitative estimate of drug-likeness (QED) is 0.886. The molecule has 0 bridgehead atoms. The molecule has 1 heterocycles. The Hall–Kier alpha value is -1.06. The molecule has 2 rings (SSSR count). The van der Waals surface area contributed by atoms with Gasteiger partial charge in [0.2, 0.25) is 0 Å². The van der Waals surface area contributed by atoms with E-state index in [-0.39, 0.29) is 0 Å². The molecule has 1 saturated heterocycles. The maximum absolute atomic E-state index is 10.4. The van der Waals surface area contributed by atoms with Crippen LogP contribution in [-0.2, 0) is 0 Å². The highest BCUT2D eigenvalue weighted by Gasteiger charge is 2.21. The molecule has 2 atom stereocenters. The van der Waals surface area contributed by atoms with Crippen molar-refractivity contribution < 1.29 is 9.84 Å². The highest BCUT2D eigenvalue weighted by atomic mass is 16.5. The number of piperidine rings is 1. The van der Waals surface area contributed by atoms with Crippen molar-refractivity contribution in [3.8, 4) is 5.75 Å². The molecule has 0 spiro atoms. The van der Waals surface area contributed by atoms with Crippen LogP contribution in [0.1, 0.15) is 38.4 Å². The minimum absolute atomic E-state index is 0.465. The lowest BCUT2D eigenvalue weighted by atomic mass is 9.99.